The average Bonchev–Trinajstić information content (AvgIpc) is 3.52. The highest BCUT2D eigenvalue weighted by atomic mass is 32.1. The Morgan fingerprint density at radius 3 is 2.35 bits per heavy atom. The van der Waals surface area contributed by atoms with Gasteiger partial charge in [-0.05, 0) is 35.4 Å². The number of aromatic hydroxyl groups is 1. The first-order chi connectivity index (χ1) is 15.1. The first-order valence-electron chi connectivity index (χ1n) is 10.9. The van der Waals surface area contributed by atoms with Crippen molar-refractivity contribution in [2.45, 2.75) is 43.2 Å². The molecule has 5 atom stereocenters. The third-order valence-electron chi connectivity index (χ3n) is 7.10. The Balaban J connectivity index is 1.68. The van der Waals surface area contributed by atoms with Crippen LogP contribution in [-0.4, -0.2) is 29.8 Å². The van der Waals surface area contributed by atoms with Gasteiger partial charge in [0.15, 0.2) is 0 Å². The zero-order valence-corrected chi connectivity index (χ0v) is 18.3. The summed E-state index contributed by atoms with van der Waals surface area (Å²) in [4.78, 5) is 14.9. The van der Waals surface area contributed by atoms with Crippen molar-refractivity contribution in [2.75, 3.05) is 6.54 Å². The van der Waals surface area contributed by atoms with E-state index in [-0.39, 0.29) is 29.8 Å². The molecule has 1 aliphatic heterocycles. The molecular weight excluding hydrogens is 406 g/mol. The zero-order chi connectivity index (χ0) is 21.4. The molecule has 2 aliphatic rings. The van der Waals surface area contributed by atoms with Crippen LogP contribution in [-0.2, 0) is 14.9 Å². The lowest BCUT2D eigenvalue weighted by atomic mass is 9.67. The molecule has 0 amide bonds. The minimum atomic E-state index is -1.14. The Hall–Kier alpha value is -2.63. The summed E-state index contributed by atoms with van der Waals surface area (Å²) in [6.07, 6.45) is 2.02. The number of carbonyl (C=O) groups is 1. The Morgan fingerprint density at radius 1 is 1.10 bits per heavy atom. The fourth-order valence-electron chi connectivity index (χ4n) is 5.44. The van der Waals surface area contributed by atoms with Gasteiger partial charge in [0, 0.05) is 24.4 Å². The number of thiophene rings is 1. The van der Waals surface area contributed by atoms with E-state index in [0.29, 0.717) is 10.8 Å². The highest BCUT2D eigenvalue weighted by molar-refractivity contribution is 7.10. The number of rotatable bonds is 6. The molecule has 4 unspecified atom stereocenters. The number of hydrogen-bond acceptors (Lipinski definition) is 5. The molecule has 3 aromatic rings. The van der Waals surface area contributed by atoms with E-state index < -0.39 is 5.41 Å². The van der Waals surface area contributed by atoms with Crippen LogP contribution in [0.1, 0.15) is 41.7 Å². The van der Waals surface area contributed by atoms with Crippen molar-refractivity contribution in [3.05, 3.63) is 88.1 Å². The molecule has 1 saturated heterocycles. The van der Waals surface area contributed by atoms with Crippen LogP contribution in [0, 0.1) is 5.92 Å². The Bertz CT molecular complexity index is 1030. The normalized spacial score (nSPS) is 25.1. The molecule has 1 saturated carbocycles. The summed E-state index contributed by atoms with van der Waals surface area (Å²) in [5, 5.41) is 16.2. The first kappa shape index (κ1) is 20.3. The molecular formula is C26H27NO3S. The molecule has 2 aromatic carbocycles. The van der Waals surface area contributed by atoms with Crippen LogP contribution in [0.25, 0.3) is 0 Å². The fraction of sp³-hybridized carbons (Fsp3) is 0.346. The van der Waals surface area contributed by atoms with Gasteiger partial charge < -0.3 is 15.2 Å². The van der Waals surface area contributed by atoms with Gasteiger partial charge in [0.1, 0.15) is 17.3 Å². The van der Waals surface area contributed by atoms with Gasteiger partial charge in [-0.2, -0.15) is 0 Å². The second kappa shape index (κ2) is 8.13. The van der Waals surface area contributed by atoms with Crippen LogP contribution in [0.3, 0.4) is 0 Å². The van der Waals surface area contributed by atoms with Crippen molar-refractivity contribution >= 4 is 17.3 Å². The molecule has 5 rings (SSSR count). The van der Waals surface area contributed by atoms with Crippen LogP contribution >= 0.6 is 11.3 Å². The van der Waals surface area contributed by atoms with Crippen molar-refractivity contribution in [1.29, 1.82) is 0 Å². The molecule has 2 fully saturated rings. The molecule has 2 heterocycles. The predicted molar refractivity (Wildman–Crippen MR) is 122 cm³/mol. The van der Waals surface area contributed by atoms with Gasteiger partial charge in [-0.15, -0.1) is 11.3 Å². The minimum Gasteiger partial charge on any atom is -0.507 e. The highest BCUT2D eigenvalue weighted by Gasteiger charge is 2.54. The molecule has 160 valence electrons. The number of hydrogen-bond donors (Lipinski definition) is 2. The lowest BCUT2D eigenvalue weighted by molar-refractivity contribution is -0.156. The third-order valence-corrected chi connectivity index (χ3v) is 8.14. The van der Waals surface area contributed by atoms with E-state index >= 15 is 0 Å². The topological polar surface area (TPSA) is 58.6 Å². The van der Waals surface area contributed by atoms with Gasteiger partial charge in [0.25, 0.3) is 0 Å². The lowest BCUT2D eigenvalue weighted by Crippen LogP contribution is -2.45. The third kappa shape index (κ3) is 3.27. The van der Waals surface area contributed by atoms with E-state index in [1.807, 2.05) is 66.0 Å². The zero-order valence-electron chi connectivity index (χ0n) is 17.5. The average molecular weight is 434 g/mol. The fourth-order valence-corrected chi connectivity index (χ4v) is 6.53. The maximum absolute atomic E-state index is 14.3. The van der Waals surface area contributed by atoms with Crippen LogP contribution < -0.4 is 5.32 Å². The largest absolute Gasteiger partial charge is 0.507 e. The van der Waals surface area contributed by atoms with Gasteiger partial charge in [-0.3, -0.25) is 4.79 Å². The van der Waals surface area contributed by atoms with Crippen LogP contribution in [0.2, 0.25) is 0 Å². The van der Waals surface area contributed by atoms with Gasteiger partial charge in [-0.1, -0.05) is 67.6 Å². The van der Waals surface area contributed by atoms with E-state index in [1.165, 1.54) is 11.3 Å². The van der Waals surface area contributed by atoms with Crippen molar-refractivity contribution < 1.29 is 14.6 Å². The van der Waals surface area contributed by atoms with Crippen LogP contribution in [0.4, 0.5) is 0 Å². The van der Waals surface area contributed by atoms with E-state index in [9.17, 15) is 9.90 Å². The second-order valence-corrected chi connectivity index (χ2v) is 9.58. The quantitative estimate of drug-likeness (QED) is 0.547. The maximum atomic E-state index is 14.3. The molecule has 0 spiro atoms. The summed E-state index contributed by atoms with van der Waals surface area (Å²) in [5.41, 5.74) is 0.735. The summed E-state index contributed by atoms with van der Waals surface area (Å²) >= 11 is 1.41. The maximum Gasteiger partial charge on any atom is 0.323 e. The minimum absolute atomic E-state index is 0.110. The van der Waals surface area contributed by atoms with E-state index in [0.717, 1.165) is 30.5 Å². The summed E-state index contributed by atoms with van der Waals surface area (Å²) < 4.78 is 6.33. The van der Waals surface area contributed by atoms with E-state index in [2.05, 4.69) is 12.2 Å². The Morgan fingerprint density at radius 2 is 1.81 bits per heavy atom. The molecule has 0 radical (unpaired) electrons. The van der Waals surface area contributed by atoms with Crippen molar-refractivity contribution in [3.8, 4) is 5.75 Å². The number of esters is 1. The number of piperidine rings is 1. The summed E-state index contributed by atoms with van der Waals surface area (Å²) in [5.74, 6) is -0.00828. The molecule has 4 nitrogen and oxygen atoms in total. The smallest absolute Gasteiger partial charge is 0.323 e. The SMILES string of the molecule is CC(c1ccccc1)C(C(=O)OC1C2CC[C@@H]1NC2)(c1ccccc1)c1sccc1O. The monoisotopic (exact) mass is 433 g/mol. The van der Waals surface area contributed by atoms with Crippen LogP contribution in [0.5, 0.6) is 5.75 Å². The number of nitrogens with one attached hydrogen (secondary N) is 1. The first-order valence-corrected chi connectivity index (χ1v) is 11.8. The van der Waals surface area contributed by atoms with Crippen molar-refractivity contribution in [3.63, 3.8) is 0 Å². The molecule has 2 bridgehead atoms. The van der Waals surface area contributed by atoms with Crippen molar-refractivity contribution in [1.82, 2.24) is 5.32 Å². The lowest BCUT2D eigenvalue weighted by Gasteiger charge is -2.38. The summed E-state index contributed by atoms with van der Waals surface area (Å²) in [6, 6.07) is 21.7. The number of ether oxygens (including phenoxy) is 1. The number of fused-ring (bicyclic) bond motifs is 2. The number of benzene rings is 2. The van der Waals surface area contributed by atoms with E-state index in [4.69, 9.17) is 4.74 Å². The molecule has 31 heavy (non-hydrogen) atoms. The second-order valence-electron chi connectivity index (χ2n) is 8.66. The van der Waals surface area contributed by atoms with Gasteiger partial charge in [-0.25, -0.2) is 0 Å². The van der Waals surface area contributed by atoms with Gasteiger partial charge >= 0.3 is 5.97 Å². The van der Waals surface area contributed by atoms with E-state index in [1.54, 1.807) is 6.07 Å². The molecule has 1 aromatic heterocycles. The molecule has 2 N–H and O–H groups in total. The predicted octanol–water partition coefficient (Wildman–Crippen LogP) is 4.84. The molecule has 1 aliphatic carbocycles. The van der Waals surface area contributed by atoms with Crippen molar-refractivity contribution in [2.24, 2.45) is 5.92 Å². The van der Waals surface area contributed by atoms with Gasteiger partial charge in [0.05, 0.1) is 4.88 Å². The standard InChI is InChI=1S/C26H27NO3S/c1-17(18-8-4-2-5-9-18)26(20-10-6-3-7-11-20,24-22(28)14-15-31-24)25(29)30-23-19-12-13-21(23)27-16-19/h2-11,14-15,17,19,21,23,27-28H,12-13,16H2,1H3/t17?,19?,21-,23?,26?/m0/s1. The van der Waals surface area contributed by atoms with Crippen LogP contribution in [0.15, 0.2) is 72.1 Å². The summed E-state index contributed by atoms with van der Waals surface area (Å²) in [7, 11) is 0. The Kier molecular flexibility index (Phi) is 5.32. The van der Waals surface area contributed by atoms with Gasteiger partial charge in [0.2, 0.25) is 0 Å². The number of carbonyl (C=O) groups excluding carboxylic acids is 1. The molecule has 5 heteroatoms. The highest BCUT2D eigenvalue weighted by Crippen LogP contribution is 2.51. The Labute approximate surface area is 186 Å². The summed E-state index contributed by atoms with van der Waals surface area (Å²) in [6.45, 7) is 2.96.